The van der Waals surface area contributed by atoms with Crippen LogP contribution in [-0.4, -0.2) is 74.0 Å². The normalized spacial score (nSPS) is 15.7. The second-order valence-electron chi connectivity index (χ2n) is 7.86. The number of nitrogens with one attached hydrogen (secondary N) is 2. The van der Waals surface area contributed by atoms with Crippen LogP contribution in [0.2, 0.25) is 5.02 Å². The molecule has 0 aromatic heterocycles. The van der Waals surface area contributed by atoms with Crippen LogP contribution in [0.1, 0.15) is 5.56 Å². The molecule has 202 valence electrons. The molecule has 1 atom stereocenters. The average molecular weight is 545 g/mol. The minimum absolute atomic E-state index is 0.0873. The molecule has 37 heavy (non-hydrogen) atoms. The fraction of sp³-hybridized carbons (Fsp3) is 0.375. The molecule has 13 heteroatoms. The van der Waals surface area contributed by atoms with Crippen molar-refractivity contribution < 1.29 is 37.3 Å². The van der Waals surface area contributed by atoms with Crippen molar-refractivity contribution in [2.24, 2.45) is 0 Å². The quantitative estimate of drug-likeness (QED) is 0.351. The summed E-state index contributed by atoms with van der Waals surface area (Å²) in [7, 11) is 3.45. The van der Waals surface area contributed by atoms with E-state index in [2.05, 4.69) is 15.4 Å². The summed E-state index contributed by atoms with van der Waals surface area (Å²) in [6.07, 6.45) is -5.45. The molecule has 3 rings (SSSR count). The zero-order valence-electron chi connectivity index (χ0n) is 20.2. The largest absolute Gasteiger partial charge is 0.573 e. The molecule has 1 unspecified atom stereocenters. The number of amides is 1. The van der Waals surface area contributed by atoms with Crippen LogP contribution in [0.3, 0.4) is 0 Å². The van der Waals surface area contributed by atoms with E-state index in [0.717, 1.165) is 17.7 Å². The van der Waals surface area contributed by atoms with Crippen LogP contribution in [0, 0.1) is 0 Å². The highest BCUT2D eigenvalue weighted by atomic mass is 35.5. The van der Waals surface area contributed by atoms with Gasteiger partial charge in [-0.15, -0.1) is 13.2 Å². The first-order chi connectivity index (χ1) is 17.6. The van der Waals surface area contributed by atoms with E-state index in [1.165, 1.54) is 12.1 Å². The number of carbonyl (C=O) groups excluding carboxylic acids is 1. The van der Waals surface area contributed by atoms with Crippen molar-refractivity contribution in [2.45, 2.75) is 19.3 Å². The molecule has 0 saturated carbocycles. The van der Waals surface area contributed by atoms with Crippen LogP contribution < -0.4 is 20.1 Å². The van der Waals surface area contributed by atoms with Crippen LogP contribution >= 0.6 is 11.6 Å². The van der Waals surface area contributed by atoms with Crippen LogP contribution in [0.4, 0.5) is 13.2 Å². The summed E-state index contributed by atoms with van der Waals surface area (Å²) in [6.45, 7) is 0.404. The highest BCUT2D eigenvalue weighted by Crippen LogP contribution is 2.30. The molecule has 0 fully saturated rings. The number of carbonyl (C=O) groups is 1. The summed E-state index contributed by atoms with van der Waals surface area (Å²) < 4.78 is 52.5. The minimum Gasteiger partial charge on any atom is -0.491 e. The maximum atomic E-state index is 13.0. The number of hydrogen-bond donors (Lipinski definition) is 3. The third-order valence-corrected chi connectivity index (χ3v) is 5.51. The maximum absolute atomic E-state index is 13.0. The summed E-state index contributed by atoms with van der Waals surface area (Å²) in [5.74, 6) is 0.131. The lowest BCUT2D eigenvalue weighted by molar-refractivity contribution is -0.274. The van der Waals surface area contributed by atoms with Gasteiger partial charge in [-0.2, -0.15) is 0 Å². The monoisotopic (exact) mass is 544 g/mol. The van der Waals surface area contributed by atoms with Gasteiger partial charge in [0.05, 0.1) is 13.2 Å². The van der Waals surface area contributed by atoms with E-state index in [9.17, 15) is 18.0 Å². The number of alkyl halides is 3. The van der Waals surface area contributed by atoms with Gasteiger partial charge in [-0.05, 0) is 42.0 Å². The van der Waals surface area contributed by atoms with Gasteiger partial charge in [0.1, 0.15) is 29.6 Å². The zero-order chi connectivity index (χ0) is 27.0. The van der Waals surface area contributed by atoms with Gasteiger partial charge in [-0.1, -0.05) is 23.7 Å². The van der Waals surface area contributed by atoms with Crippen molar-refractivity contribution in [3.63, 3.8) is 0 Å². The summed E-state index contributed by atoms with van der Waals surface area (Å²) >= 11 is 6.01. The Morgan fingerprint density at radius 2 is 1.73 bits per heavy atom. The third kappa shape index (κ3) is 7.81. The molecule has 1 heterocycles. The summed E-state index contributed by atoms with van der Waals surface area (Å²) in [6, 6.07) is 12.2. The summed E-state index contributed by atoms with van der Waals surface area (Å²) in [5.41, 5.74) is 1.22. The molecule has 0 aliphatic carbocycles. The van der Waals surface area contributed by atoms with Crippen molar-refractivity contribution in [3.8, 4) is 11.5 Å². The molecule has 2 aromatic rings. The molecular formula is C24H28ClF3N4O5. The zero-order valence-corrected chi connectivity index (χ0v) is 21.0. The van der Waals surface area contributed by atoms with Crippen molar-refractivity contribution in [3.05, 3.63) is 70.6 Å². The fourth-order valence-corrected chi connectivity index (χ4v) is 3.84. The van der Waals surface area contributed by atoms with Crippen LogP contribution in [0.25, 0.3) is 0 Å². The minimum atomic E-state index is -4.77. The number of aliphatic hydroxyl groups excluding tert-OH is 1. The SMILES string of the molecule is CNC1=C(C(=O)NCCO)N(Cc2ccc(Cl)cc2)C(OCCOc2ccc(OC(F)(F)F)cc2)N1C. The summed E-state index contributed by atoms with van der Waals surface area (Å²) in [4.78, 5) is 16.5. The van der Waals surface area contributed by atoms with E-state index in [0.29, 0.717) is 28.8 Å². The van der Waals surface area contributed by atoms with E-state index in [4.69, 9.17) is 26.2 Å². The Morgan fingerprint density at radius 1 is 1.08 bits per heavy atom. The molecule has 0 radical (unpaired) electrons. The van der Waals surface area contributed by atoms with E-state index < -0.39 is 12.7 Å². The molecule has 1 amide bonds. The predicted molar refractivity (Wildman–Crippen MR) is 129 cm³/mol. The number of hydrogen-bond acceptors (Lipinski definition) is 8. The lowest BCUT2D eigenvalue weighted by Gasteiger charge is -2.32. The Morgan fingerprint density at radius 3 is 2.32 bits per heavy atom. The second-order valence-corrected chi connectivity index (χ2v) is 8.29. The molecule has 0 bridgehead atoms. The fourth-order valence-electron chi connectivity index (χ4n) is 3.71. The van der Waals surface area contributed by atoms with Crippen LogP contribution in [0.5, 0.6) is 11.5 Å². The van der Waals surface area contributed by atoms with Crippen LogP contribution in [-0.2, 0) is 16.1 Å². The number of ether oxygens (including phenoxy) is 3. The highest BCUT2D eigenvalue weighted by Gasteiger charge is 2.40. The molecule has 1 aliphatic heterocycles. The standard InChI is InChI=1S/C24H28ClF3N4O5/c1-29-21-20(22(34)30-11-12-33)32(15-16-3-5-17(25)6-4-16)23(31(21)2)36-14-13-35-18-7-9-19(10-8-18)37-24(26,27)28/h3-10,23,29,33H,11-15H2,1-2H3,(H,30,34). The van der Waals surface area contributed by atoms with Crippen LogP contribution in [0.15, 0.2) is 60.0 Å². The number of benzene rings is 2. The molecule has 0 saturated heterocycles. The second kappa shape index (κ2) is 12.7. The Labute approximate surface area is 217 Å². The molecule has 9 nitrogen and oxygen atoms in total. The van der Waals surface area contributed by atoms with E-state index in [1.807, 2.05) is 12.1 Å². The number of rotatable bonds is 12. The first kappa shape index (κ1) is 28.2. The first-order valence-corrected chi connectivity index (χ1v) is 11.7. The Hall–Kier alpha value is -3.35. The molecular weight excluding hydrogens is 517 g/mol. The Balaban J connectivity index is 1.68. The third-order valence-electron chi connectivity index (χ3n) is 5.25. The van der Waals surface area contributed by atoms with Crippen molar-refractivity contribution >= 4 is 17.5 Å². The number of halogens is 4. The van der Waals surface area contributed by atoms with Crippen molar-refractivity contribution in [1.29, 1.82) is 0 Å². The van der Waals surface area contributed by atoms with Gasteiger partial charge >= 0.3 is 6.36 Å². The Kier molecular flexibility index (Phi) is 9.73. The van der Waals surface area contributed by atoms with Gasteiger partial charge in [0, 0.05) is 32.2 Å². The predicted octanol–water partition coefficient (Wildman–Crippen LogP) is 2.86. The molecule has 2 aromatic carbocycles. The van der Waals surface area contributed by atoms with E-state index in [1.54, 1.807) is 36.0 Å². The lowest BCUT2D eigenvalue weighted by Crippen LogP contribution is -2.43. The van der Waals surface area contributed by atoms with Crippen molar-refractivity contribution in [1.82, 2.24) is 20.4 Å². The van der Waals surface area contributed by atoms with Gasteiger partial charge in [-0.3, -0.25) is 4.79 Å². The Bertz CT molecular complexity index is 1070. The highest BCUT2D eigenvalue weighted by molar-refractivity contribution is 6.30. The molecule has 3 N–H and O–H groups in total. The lowest BCUT2D eigenvalue weighted by atomic mass is 10.2. The number of aliphatic hydroxyl groups is 1. The average Bonchev–Trinajstić information content (AvgIpc) is 3.12. The van der Waals surface area contributed by atoms with Gasteiger partial charge in [-0.25, -0.2) is 0 Å². The topological polar surface area (TPSA) is 95.5 Å². The summed E-state index contributed by atoms with van der Waals surface area (Å²) in [5, 5.41) is 15.4. The first-order valence-electron chi connectivity index (χ1n) is 11.3. The van der Waals surface area contributed by atoms with Gasteiger partial charge < -0.3 is 39.8 Å². The van der Waals surface area contributed by atoms with E-state index in [-0.39, 0.29) is 38.0 Å². The maximum Gasteiger partial charge on any atom is 0.573 e. The smallest absolute Gasteiger partial charge is 0.491 e. The van der Waals surface area contributed by atoms with Crippen molar-refractivity contribution in [2.75, 3.05) is 40.5 Å². The molecule has 0 spiro atoms. The molecule has 1 aliphatic rings. The van der Waals surface area contributed by atoms with Gasteiger partial charge in [0.25, 0.3) is 5.91 Å². The van der Waals surface area contributed by atoms with Gasteiger partial charge in [0.2, 0.25) is 6.35 Å². The van der Waals surface area contributed by atoms with E-state index >= 15 is 0 Å². The van der Waals surface area contributed by atoms with Gasteiger partial charge in [0.15, 0.2) is 0 Å². The number of nitrogens with zero attached hydrogens (tertiary/aromatic N) is 2.